The van der Waals surface area contributed by atoms with Gasteiger partial charge in [-0.3, -0.25) is 9.69 Å². The highest BCUT2D eigenvalue weighted by Crippen LogP contribution is 2.33. The third-order valence-corrected chi connectivity index (χ3v) is 5.02. The molecule has 0 radical (unpaired) electrons. The molecule has 0 bridgehead atoms. The molecule has 0 spiro atoms. The van der Waals surface area contributed by atoms with Crippen LogP contribution < -0.4 is 10.2 Å². The van der Waals surface area contributed by atoms with E-state index in [1.165, 1.54) is 7.11 Å². The molecular formula is C24H30N2O5. The third kappa shape index (κ3) is 5.62. The zero-order chi connectivity index (χ0) is 22.6. The number of fused-ring (bicyclic) bond motifs is 1. The molecular weight excluding hydrogens is 396 g/mol. The van der Waals surface area contributed by atoms with Crippen LogP contribution in [-0.4, -0.2) is 31.3 Å². The van der Waals surface area contributed by atoms with E-state index in [-0.39, 0.29) is 11.9 Å². The molecule has 1 unspecified atom stereocenters. The first-order valence-corrected chi connectivity index (χ1v) is 10.4. The van der Waals surface area contributed by atoms with E-state index in [9.17, 15) is 9.59 Å². The quantitative estimate of drug-likeness (QED) is 0.542. The van der Waals surface area contributed by atoms with Crippen molar-refractivity contribution >= 4 is 17.7 Å². The molecule has 2 aromatic rings. The number of rotatable bonds is 6. The summed E-state index contributed by atoms with van der Waals surface area (Å²) in [4.78, 5) is 36.9. The van der Waals surface area contributed by atoms with Crippen molar-refractivity contribution in [2.24, 2.45) is 0 Å². The maximum Gasteiger partial charge on any atom is 0.414 e. The van der Waals surface area contributed by atoms with E-state index < -0.39 is 11.7 Å². The third-order valence-electron chi connectivity index (χ3n) is 5.02. The molecule has 0 aromatic heterocycles. The van der Waals surface area contributed by atoms with Gasteiger partial charge >= 0.3 is 6.09 Å². The number of carbonyl (C=O) groups excluding carboxylic acids is 2. The van der Waals surface area contributed by atoms with Gasteiger partial charge in [0.25, 0.3) is 5.91 Å². The molecule has 1 atom stereocenters. The van der Waals surface area contributed by atoms with Crippen molar-refractivity contribution < 1.29 is 24.1 Å². The first-order valence-electron chi connectivity index (χ1n) is 10.4. The van der Waals surface area contributed by atoms with E-state index >= 15 is 0 Å². The number of amides is 2. The largest absolute Gasteiger partial charge is 0.443 e. The molecule has 1 heterocycles. The van der Waals surface area contributed by atoms with Crippen molar-refractivity contribution in [3.8, 4) is 0 Å². The van der Waals surface area contributed by atoms with Crippen LogP contribution >= 0.6 is 0 Å². The van der Waals surface area contributed by atoms with Gasteiger partial charge in [-0.25, -0.2) is 14.6 Å². The number of nitrogens with one attached hydrogen (secondary N) is 1. The van der Waals surface area contributed by atoms with Crippen LogP contribution in [0.2, 0.25) is 0 Å². The Morgan fingerprint density at radius 2 is 1.84 bits per heavy atom. The van der Waals surface area contributed by atoms with Crippen molar-refractivity contribution in [3.05, 3.63) is 64.7 Å². The van der Waals surface area contributed by atoms with E-state index in [2.05, 4.69) is 10.2 Å². The molecule has 1 aliphatic heterocycles. The van der Waals surface area contributed by atoms with Crippen LogP contribution in [0.5, 0.6) is 0 Å². The molecule has 1 N–H and O–H groups in total. The zero-order valence-electron chi connectivity index (χ0n) is 18.7. The predicted octanol–water partition coefficient (Wildman–Crippen LogP) is 4.55. The van der Waals surface area contributed by atoms with Gasteiger partial charge in [0.1, 0.15) is 12.2 Å². The Kier molecular flexibility index (Phi) is 6.97. The highest BCUT2D eigenvalue weighted by atomic mass is 17.2. The molecule has 7 nitrogen and oxygen atoms in total. The lowest BCUT2D eigenvalue weighted by molar-refractivity contribution is -0.282. The van der Waals surface area contributed by atoms with E-state index in [0.29, 0.717) is 30.8 Å². The number of ether oxygens (including phenoxy) is 1. The Morgan fingerprint density at radius 1 is 1.13 bits per heavy atom. The summed E-state index contributed by atoms with van der Waals surface area (Å²) in [6.07, 6.45) is 0.254. The first kappa shape index (κ1) is 22.8. The van der Waals surface area contributed by atoms with Gasteiger partial charge in [0.05, 0.1) is 24.4 Å². The summed E-state index contributed by atoms with van der Waals surface area (Å²) in [6, 6.07) is 13.1. The lowest BCUT2D eigenvalue weighted by Crippen LogP contribution is -2.37. The average molecular weight is 427 g/mol. The van der Waals surface area contributed by atoms with E-state index in [1.807, 2.05) is 64.1 Å². The SMILES string of the molecule is COOCc1ccc(C(C)NC(=O)c2cccc3c2N(C(=O)OC(C)(C)C)CC3)cc1. The van der Waals surface area contributed by atoms with E-state index in [1.54, 1.807) is 11.0 Å². The van der Waals surface area contributed by atoms with Gasteiger partial charge in [-0.05, 0) is 56.9 Å². The summed E-state index contributed by atoms with van der Waals surface area (Å²) in [6.45, 7) is 8.26. The molecule has 0 fully saturated rings. The number of hydrogen-bond donors (Lipinski definition) is 1. The maximum atomic E-state index is 13.1. The van der Waals surface area contributed by atoms with E-state index in [0.717, 1.165) is 16.7 Å². The second-order valence-corrected chi connectivity index (χ2v) is 8.56. The first-order chi connectivity index (χ1) is 14.7. The van der Waals surface area contributed by atoms with E-state index in [4.69, 9.17) is 9.62 Å². The maximum absolute atomic E-state index is 13.1. The van der Waals surface area contributed by atoms with Gasteiger partial charge in [-0.2, -0.15) is 0 Å². The van der Waals surface area contributed by atoms with Crippen molar-refractivity contribution in [1.29, 1.82) is 0 Å². The van der Waals surface area contributed by atoms with Crippen LogP contribution in [0.4, 0.5) is 10.5 Å². The minimum Gasteiger partial charge on any atom is -0.443 e. The number of benzene rings is 2. The fourth-order valence-corrected chi connectivity index (χ4v) is 3.53. The Hall–Kier alpha value is -2.90. The summed E-state index contributed by atoms with van der Waals surface area (Å²) in [7, 11) is 1.47. The molecule has 0 saturated carbocycles. The molecule has 31 heavy (non-hydrogen) atoms. The molecule has 0 aliphatic carbocycles. The summed E-state index contributed by atoms with van der Waals surface area (Å²) in [5.74, 6) is -0.230. The van der Waals surface area contributed by atoms with Crippen molar-refractivity contribution in [3.63, 3.8) is 0 Å². The Morgan fingerprint density at radius 3 is 2.48 bits per heavy atom. The second-order valence-electron chi connectivity index (χ2n) is 8.56. The molecule has 2 aromatic carbocycles. The topological polar surface area (TPSA) is 77.1 Å². The summed E-state index contributed by atoms with van der Waals surface area (Å²) in [5.41, 5.74) is 3.40. The number of hydrogen-bond acceptors (Lipinski definition) is 5. The van der Waals surface area contributed by atoms with Crippen LogP contribution in [0, 0.1) is 0 Å². The summed E-state index contributed by atoms with van der Waals surface area (Å²) >= 11 is 0. The van der Waals surface area contributed by atoms with Crippen molar-refractivity contribution in [2.75, 3.05) is 18.6 Å². The number of para-hydroxylation sites is 1. The lowest BCUT2D eigenvalue weighted by atomic mass is 10.0. The number of carbonyl (C=O) groups is 2. The van der Waals surface area contributed by atoms with Crippen LogP contribution in [0.25, 0.3) is 0 Å². The minimum atomic E-state index is -0.605. The minimum absolute atomic E-state index is 0.211. The summed E-state index contributed by atoms with van der Waals surface area (Å²) in [5, 5.41) is 3.04. The van der Waals surface area contributed by atoms with Gasteiger partial charge in [-0.1, -0.05) is 36.4 Å². The monoisotopic (exact) mass is 426 g/mol. The summed E-state index contributed by atoms with van der Waals surface area (Å²) < 4.78 is 5.54. The highest BCUT2D eigenvalue weighted by molar-refractivity contribution is 6.05. The van der Waals surface area contributed by atoms with Gasteiger partial charge in [0.2, 0.25) is 0 Å². The highest BCUT2D eigenvalue weighted by Gasteiger charge is 2.32. The van der Waals surface area contributed by atoms with Crippen LogP contribution in [0.1, 0.15) is 60.8 Å². The zero-order valence-corrected chi connectivity index (χ0v) is 18.7. The fraction of sp³-hybridized carbons (Fsp3) is 0.417. The smallest absolute Gasteiger partial charge is 0.414 e. The van der Waals surface area contributed by atoms with Gasteiger partial charge < -0.3 is 10.1 Å². The fourth-order valence-electron chi connectivity index (χ4n) is 3.53. The second kappa shape index (κ2) is 9.49. The van der Waals surface area contributed by atoms with Gasteiger partial charge in [0, 0.05) is 6.54 Å². The van der Waals surface area contributed by atoms with Crippen molar-refractivity contribution in [1.82, 2.24) is 5.32 Å². The Balaban J connectivity index is 1.76. The molecule has 7 heteroatoms. The van der Waals surface area contributed by atoms with Crippen LogP contribution in [0.3, 0.4) is 0 Å². The Labute approximate surface area is 183 Å². The van der Waals surface area contributed by atoms with Crippen molar-refractivity contribution in [2.45, 2.75) is 52.4 Å². The van der Waals surface area contributed by atoms with Crippen LogP contribution in [-0.2, 0) is 27.5 Å². The molecule has 2 amide bonds. The normalized spacial score (nSPS) is 14.2. The Bertz CT molecular complexity index is 934. The van der Waals surface area contributed by atoms with Gasteiger partial charge in [0.15, 0.2) is 0 Å². The average Bonchev–Trinajstić information content (AvgIpc) is 3.15. The van der Waals surface area contributed by atoms with Gasteiger partial charge in [-0.15, -0.1) is 0 Å². The van der Waals surface area contributed by atoms with Crippen LogP contribution in [0.15, 0.2) is 42.5 Å². The predicted molar refractivity (Wildman–Crippen MR) is 118 cm³/mol. The standard InChI is InChI=1S/C24H30N2O5/c1-16(18-11-9-17(10-12-18)15-30-29-5)25-22(27)20-8-6-7-19-13-14-26(21(19)20)23(28)31-24(2,3)4/h6-12,16H,13-15H2,1-5H3,(H,25,27). The number of nitrogens with zero attached hydrogens (tertiary/aromatic N) is 1. The molecule has 166 valence electrons. The lowest BCUT2D eigenvalue weighted by Gasteiger charge is -2.26. The molecule has 3 rings (SSSR count). The number of anilines is 1. The molecule has 1 aliphatic rings. The molecule has 0 saturated heterocycles.